The van der Waals surface area contributed by atoms with Gasteiger partial charge in [-0.2, -0.15) is 13.2 Å². The van der Waals surface area contributed by atoms with Crippen LogP contribution < -0.4 is 0 Å². The summed E-state index contributed by atoms with van der Waals surface area (Å²) in [6.07, 6.45) is -4.37. The maximum absolute atomic E-state index is 12.6. The molecule has 0 aliphatic rings. The number of benzene rings is 2. The molecule has 1 N–H and O–H groups in total. The van der Waals surface area contributed by atoms with Crippen LogP contribution >= 0.6 is 0 Å². The Bertz CT molecular complexity index is 755. The van der Waals surface area contributed by atoms with Crippen LogP contribution in [0.1, 0.15) is 5.56 Å². The SMILES string of the molecule is Oc1ccc(-c2cc3cc(C(F)(F)F)ccc3o2)cc1. The summed E-state index contributed by atoms with van der Waals surface area (Å²) in [5.74, 6) is 0.573. The van der Waals surface area contributed by atoms with Crippen LogP contribution in [0, 0.1) is 0 Å². The molecule has 102 valence electrons. The summed E-state index contributed by atoms with van der Waals surface area (Å²) >= 11 is 0. The number of fused-ring (bicyclic) bond motifs is 1. The molecule has 2 aromatic carbocycles. The van der Waals surface area contributed by atoms with Crippen molar-refractivity contribution in [1.29, 1.82) is 0 Å². The monoisotopic (exact) mass is 278 g/mol. The van der Waals surface area contributed by atoms with Gasteiger partial charge in [0.15, 0.2) is 0 Å². The minimum Gasteiger partial charge on any atom is -0.508 e. The van der Waals surface area contributed by atoms with E-state index in [1.54, 1.807) is 18.2 Å². The van der Waals surface area contributed by atoms with E-state index in [9.17, 15) is 18.3 Å². The molecule has 0 fully saturated rings. The van der Waals surface area contributed by atoms with Crippen molar-refractivity contribution in [2.75, 3.05) is 0 Å². The van der Waals surface area contributed by atoms with E-state index < -0.39 is 11.7 Å². The van der Waals surface area contributed by atoms with Crippen molar-refractivity contribution < 1.29 is 22.7 Å². The molecule has 0 saturated heterocycles. The Kier molecular flexibility index (Phi) is 2.71. The molecule has 0 aliphatic carbocycles. The third kappa shape index (κ3) is 2.22. The highest BCUT2D eigenvalue weighted by atomic mass is 19.4. The zero-order chi connectivity index (χ0) is 14.3. The van der Waals surface area contributed by atoms with Crippen LogP contribution in [0.15, 0.2) is 52.9 Å². The topological polar surface area (TPSA) is 33.4 Å². The van der Waals surface area contributed by atoms with Crippen molar-refractivity contribution in [2.45, 2.75) is 6.18 Å². The van der Waals surface area contributed by atoms with Crippen molar-refractivity contribution >= 4 is 11.0 Å². The molecular formula is C15H9F3O2. The summed E-state index contributed by atoms with van der Waals surface area (Å²) < 4.78 is 43.4. The number of hydrogen-bond donors (Lipinski definition) is 1. The molecule has 3 rings (SSSR count). The summed E-state index contributed by atoms with van der Waals surface area (Å²) in [7, 11) is 0. The van der Waals surface area contributed by atoms with Crippen LogP contribution in [0.3, 0.4) is 0 Å². The number of phenols is 1. The molecule has 0 spiro atoms. The van der Waals surface area contributed by atoms with Crippen LogP contribution in [-0.2, 0) is 6.18 Å². The standard InChI is InChI=1S/C15H9F3O2/c16-15(17,18)11-3-6-13-10(7-11)8-14(20-13)9-1-4-12(19)5-2-9/h1-8,19H. The van der Waals surface area contributed by atoms with E-state index in [0.717, 1.165) is 12.1 Å². The second kappa shape index (κ2) is 4.30. The first-order chi connectivity index (χ1) is 9.43. The van der Waals surface area contributed by atoms with Crippen molar-refractivity contribution in [3.05, 3.63) is 54.1 Å². The Balaban J connectivity index is 2.09. The van der Waals surface area contributed by atoms with Crippen molar-refractivity contribution in [2.24, 2.45) is 0 Å². The highest BCUT2D eigenvalue weighted by Gasteiger charge is 2.30. The summed E-state index contributed by atoms with van der Waals surface area (Å²) in [6.45, 7) is 0. The second-order valence-corrected chi connectivity index (χ2v) is 4.41. The third-order valence-electron chi connectivity index (χ3n) is 3.00. The van der Waals surface area contributed by atoms with Crippen molar-refractivity contribution in [3.8, 4) is 17.1 Å². The smallest absolute Gasteiger partial charge is 0.416 e. The molecule has 0 saturated carbocycles. The third-order valence-corrected chi connectivity index (χ3v) is 3.00. The van der Waals surface area contributed by atoms with E-state index in [4.69, 9.17) is 4.42 Å². The van der Waals surface area contributed by atoms with E-state index in [0.29, 0.717) is 22.3 Å². The van der Waals surface area contributed by atoms with Gasteiger partial charge in [0, 0.05) is 10.9 Å². The highest BCUT2D eigenvalue weighted by molar-refractivity contribution is 5.83. The van der Waals surface area contributed by atoms with Gasteiger partial charge in [0.25, 0.3) is 0 Å². The fraction of sp³-hybridized carbons (Fsp3) is 0.0667. The minimum atomic E-state index is -4.37. The first kappa shape index (κ1) is 12.6. The van der Waals surface area contributed by atoms with Gasteiger partial charge in [0.05, 0.1) is 5.56 Å². The van der Waals surface area contributed by atoms with E-state index in [1.165, 1.54) is 18.2 Å². The molecule has 5 heteroatoms. The molecular weight excluding hydrogens is 269 g/mol. The molecule has 1 aromatic heterocycles. The fourth-order valence-corrected chi connectivity index (χ4v) is 1.99. The van der Waals surface area contributed by atoms with Crippen molar-refractivity contribution in [3.63, 3.8) is 0 Å². The van der Waals surface area contributed by atoms with Gasteiger partial charge in [0.2, 0.25) is 0 Å². The average Bonchev–Trinajstić information content (AvgIpc) is 2.81. The lowest BCUT2D eigenvalue weighted by Gasteiger charge is -2.04. The van der Waals surface area contributed by atoms with Gasteiger partial charge in [-0.25, -0.2) is 0 Å². The fourth-order valence-electron chi connectivity index (χ4n) is 1.99. The summed E-state index contributed by atoms with van der Waals surface area (Å²) in [4.78, 5) is 0. The zero-order valence-electron chi connectivity index (χ0n) is 10.1. The maximum Gasteiger partial charge on any atom is 0.416 e. The Morgan fingerprint density at radius 3 is 2.25 bits per heavy atom. The van der Waals surface area contributed by atoms with Gasteiger partial charge < -0.3 is 9.52 Å². The van der Waals surface area contributed by atoms with Crippen LogP contribution in [0.2, 0.25) is 0 Å². The van der Waals surface area contributed by atoms with Crippen LogP contribution in [0.25, 0.3) is 22.3 Å². The van der Waals surface area contributed by atoms with Gasteiger partial charge in [0.1, 0.15) is 17.1 Å². The highest BCUT2D eigenvalue weighted by Crippen LogP contribution is 2.34. The van der Waals surface area contributed by atoms with E-state index in [-0.39, 0.29) is 5.75 Å². The quantitative estimate of drug-likeness (QED) is 0.692. The molecule has 0 unspecified atom stereocenters. The van der Waals surface area contributed by atoms with E-state index in [2.05, 4.69) is 0 Å². The van der Waals surface area contributed by atoms with Gasteiger partial charge in [-0.1, -0.05) is 0 Å². The lowest BCUT2D eigenvalue weighted by atomic mass is 10.1. The predicted molar refractivity (Wildman–Crippen MR) is 68.3 cm³/mol. The lowest BCUT2D eigenvalue weighted by Crippen LogP contribution is -2.03. The zero-order valence-corrected chi connectivity index (χ0v) is 10.1. The van der Waals surface area contributed by atoms with Crippen LogP contribution in [0.5, 0.6) is 5.75 Å². The molecule has 20 heavy (non-hydrogen) atoms. The second-order valence-electron chi connectivity index (χ2n) is 4.41. The Morgan fingerprint density at radius 2 is 1.60 bits per heavy atom. The number of aromatic hydroxyl groups is 1. The van der Waals surface area contributed by atoms with Crippen molar-refractivity contribution in [1.82, 2.24) is 0 Å². The predicted octanol–water partition coefficient (Wildman–Crippen LogP) is 4.82. The van der Waals surface area contributed by atoms with Gasteiger partial charge in [-0.15, -0.1) is 0 Å². The lowest BCUT2D eigenvalue weighted by molar-refractivity contribution is -0.137. The first-order valence-corrected chi connectivity index (χ1v) is 5.84. The summed E-state index contributed by atoms with van der Waals surface area (Å²) in [6, 6.07) is 11.2. The number of rotatable bonds is 1. The summed E-state index contributed by atoms with van der Waals surface area (Å²) in [5.41, 5.74) is 0.372. The van der Waals surface area contributed by atoms with E-state index >= 15 is 0 Å². The first-order valence-electron chi connectivity index (χ1n) is 5.84. The van der Waals surface area contributed by atoms with Crippen LogP contribution in [0.4, 0.5) is 13.2 Å². The number of phenolic OH excluding ortho intramolecular Hbond substituents is 1. The normalized spacial score (nSPS) is 11.9. The maximum atomic E-state index is 12.6. The Morgan fingerprint density at radius 1 is 0.900 bits per heavy atom. The number of furan rings is 1. The molecule has 2 nitrogen and oxygen atoms in total. The number of alkyl halides is 3. The Labute approximate surface area is 112 Å². The van der Waals surface area contributed by atoms with Gasteiger partial charge in [-0.3, -0.25) is 0 Å². The molecule has 0 bridgehead atoms. The summed E-state index contributed by atoms with van der Waals surface area (Å²) in [5, 5.41) is 9.61. The largest absolute Gasteiger partial charge is 0.508 e. The Hall–Kier alpha value is -2.43. The van der Waals surface area contributed by atoms with Gasteiger partial charge in [-0.05, 0) is 48.5 Å². The number of hydrogen-bond acceptors (Lipinski definition) is 2. The molecule has 1 heterocycles. The molecule has 0 radical (unpaired) electrons. The number of halogens is 3. The molecule has 0 aliphatic heterocycles. The molecule has 0 atom stereocenters. The average molecular weight is 278 g/mol. The van der Waals surface area contributed by atoms with Crippen LogP contribution in [-0.4, -0.2) is 5.11 Å². The van der Waals surface area contributed by atoms with Gasteiger partial charge >= 0.3 is 6.18 Å². The minimum absolute atomic E-state index is 0.115. The molecule has 3 aromatic rings. The van der Waals surface area contributed by atoms with E-state index in [1.807, 2.05) is 0 Å². The molecule has 0 amide bonds.